The molecule has 0 saturated carbocycles. The topological polar surface area (TPSA) is 33.1 Å². The van der Waals surface area contributed by atoms with Crippen LogP contribution < -0.4 is 0 Å². The molecule has 1 aliphatic rings. The van der Waals surface area contributed by atoms with Crippen molar-refractivity contribution in [2.45, 2.75) is 18.4 Å². The van der Waals surface area contributed by atoms with Crippen LogP contribution >= 0.6 is 0 Å². The Kier molecular flexibility index (Phi) is 3.05. The zero-order valence-corrected chi connectivity index (χ0v) is 12.2. The molecule has 3 aromatic rings. The number of benzene rings is 2. The summed E-state index contributed by atoms with van der Waals surface area (Å²) in [4.78, 5) is 4.22. The minimum atomic E-state index is -1.14. The third kappa shape index (κ3) is 1.88. The van der Waals surface area contributed by atoms with Gasteiger partial charge in [-0.2, -0.15) is 0 Å². The van der Waals surface area contributed by atoms with E-state index in [1.807, 2.05) is 48.5 Å². The number of hydrogen-bond acceptors (Lipinski definition) is 2. The molecule has 0 atom stereocenters. The van der Waals surface area contributed by atoms with Gasteiger partial charge in [-0.1, -0.05) is 54.6 Å². The van der Waals surface area contributed by atoms with Crippen molar-refractivity contribution < 1.29 is 5.11 Å². The van der Waals surface area contributed by atoms with Gasteiger partial charge in [0.25, 0.3) is 0 Å². The minimum absolute atomic E-state index is 0.816. The van der Waals surface area contributed by atoms with Crippen LogP contribution in [0.2, 0.25) is 0 Å². The Morgan fingerprint density at radius 3 is 1.91 bits per heavy atom. The maximum atomic E-state index is 11.8. The van der Waals surface area contributed by atoms with Crippen molar-refractivity contribution in [1.82, 2.24) is 4.98 Å². The summed E-state index contributed by atoms with van der Waals surface area (Å²) in [5.41, 5.74) is 4.01. The number of pyridine rings is 1. The van der Waals surface area contributed by atoms with Crippen LogP contribution in [-0.2, 0) is 18.4 Å². The molecule has 4 rings (SSSR count). The predicted octanol–water partition coefficient (Wildman–Crippen LogP) is 3.46. The van der Waals surface area contributed by atoms with E-state index in [9.17, 15) is 5.11 Å². The van der Waals surface area contributed by atoms with Crippen molar-refractivity contribution >= 4 is 0 Å². The Balaban J connectivity index is 2.08. The number of hydrogen-bond donors (Lipinski definition) is 1. The molecule has 0 spiro atoms. The minimum Gasteiger partial charge on any atom is -0.376 e. The van der Waals surface area contributed by atoms with Crippen molar-refractivity contribution in [2.75, 3.05) is 0 Å². The van der Waals surface area contributed by atoms with Crippen molar-refractivity contribution in [1.29, 1.82) is 0 Å². The quantitative estimate of drug-likeness (QED) is 0.743. The lowest BCUT2D eigenvalue weighted by Gasteiger charge is -2.31. The van der Waals surface area contributed by atoms with Gasteiger partial charge in [-0.15, -0.1) is 0 Å². The summed E-state index contributed by atoms with van der Waals surface area (Å²) in [7, 11) is 0. The molecule has 0 bridgehead atoms. The third-order valence-electron chi connectivity index (χ3n) is 4.56. The van der Waals surface area contributed by atoms with Gasteiger partial charge in [0.2, 0.25) is 0 Å². The second kappa shape index (κ2) is 5.08. The van der Waals surface area contributed by atoms with E-state index in [0.717, 1.165) is 29.5 Å². The van der Waals surface area contributed by atoms with Crippen LogP contribution in [0, 0.1) is 0 Å². The van der Waals surface area contributed by atoms with Crippen LogP contribution in [-0.4, -0.2) is 10.1 Å². The first-order valence-corrected chi connectivity index (χ1v) is 7.60. The molecule has 0 aliphatic heterocycles. The summed E-state index contributed by atoms with van der Waals surface area (Å²) < 4.78 is 0. The van der Waals surface area contributed by atoms with E-state index in [1.54, 1.807) is 12.4 Å². The highest BCUT2D eigenvalue weighted by atomic mass is 16.3. The molecular formula is C20H17NO. The standard InChI is InChI=1S/C20H17NO/c22-20(17-8-5-13-21-14-17)18-9-3-1-6-15(18)11-12-16-7-2-4-10-19(16)20/h1-10,13-14,22H,11-12H2. The Labute approximate surface area is 130 Å². The number of aliphatic hydroxyl groups is 1. The summed E-state index contributed by atoms with van der Waals surface area (Å²) in [5, 5.41) is 11.8. The fourth-order valence-corrected chi connectivity index (χ4v) is 3.48. The van der Waals surface area contributed by atoms with Crippen molar-refractivity contribution in [3.63, 3.8) is 0 Å². The average Bonchev–Trinajstić information content (AvgIpc) is 2.73. The molecule has 1 heterocycles. The molecule has 1 aliphatic carbocycles. The van der Waals surface area contributed by atoms with E-state index in [-0.39, 0.29) is 0 Å². The summed E-state index contributed by atoms with van der Waals surface area (Å²) >= 11 is 0. The zero-order chi connectivity index (χ0) is 15.0. The van der Waals surface area contributed by atoms with Crippen molar-refractivity contribution in [2.24, 2.45) is 0 Å². The molecule has 0 amide bonds. The molecule has 1 N–H and O–H groups in total. The Hall–Kier alpha value is -2.45. The first-order valence-electron chi connectivity index (χ1n) is 7.60. The van der Waals surface area contributed by atoms with Crippen LogP contribution in [0.25, 0.3) is 0 Å². The molecule has 108 valence electrons. The van der Waals surface area contributed by atoms with Crippen LogP contribution in [0.4, 0.5) is 0 Å². The number of fused-ring (bicyclic) bond motifs is 2. The fraction of sp³-hybridized carbons (Fsp3) is 0.150. The lowest BCUT2D eigenvalue weighted by Crippen LogP contribution is -2.30. The van der Waals surface area contributed by atoms with E-state index < -0.39 is 5.60 Å². The van der Waals surface area contributed by atoms with Gasteiger partial charge in [-0.05, 0) is 41.2 Å². The van der Waals surface area contributed by atoms with Crippen LogP contribution in [0.1, 0.15) is 27.8 Å². The lowest BCUT2D eigenvalue weighted by molar-refractivity contribution is 0.124. The smallest absolute Gasteiger partial charge is 0.142 e. The average molecular weight is 287 g/mol. The molecule has 1 aromatic heterocycles. The normalized spacial score (nSPS) is 15.5. The van der Waals surface area contributed by atoms with E-state index in [1.165, 1.54) is 11.1 Å². The van der Waals surface area contributed by atoms with Crippen molar-refractivity contribution in [3.8, 4) is 0 Å². The predicted molar refractivity (Wildman–Crippen MR) is 86.6 cm³/mol. The Morgan fingerprint density at radius 2 is 1.36 bits per heavy atom. The molecule has 0 saturated heterocycles. The molecule has 2 nitrogen and oxygen atoms in total. The highest BCUT2D eigenvalue weighted by Gasteiger charge is 2.38. The maximum absolute atomic E-state index is 11.8. The van der Waals surface area contributed by atoms with Gasteiger partial charge in [-0.3, -0.25) is 4.98 Å². The van der Waals surface area contributed by atoms with E-state index >= 15 is 0 Å². The highest BCUT2D eigenvalue weighted by Crippen LogP contribution is 2.42. The summed E-state index contributed by atoms with van der Waals surface area (Å²) in [6, 6.07) is 20.2. The zero-order valence-electron chi connectivity index (χ0n) is 12.2. The molecule has 2 aromatic carbocycles. The van der Waals surface area contributed by atoms with E-state index in [4.69, 9.17) is 0 Å². The maximum Gasteiger partial charge on any atom is 0.142 e. The molecular weight excluding hydrogens is 270 g/mol. The molecule has 0 radical (unpaired) electrons. The largest absolute Gasteiger partial charge is 0.376 e. The van der Waals surface area contributed by atoms with Crippen LogP contribution in [0.3, 0.4) is 0 Å². The van der Waals surface area contributed by atoms with Gasteiger partial charge in [0.05, 0.1) is 0 Å². The molecule has 2 heteroatoms. The number of nitrogens with zero attached hydrogens (tertiary/aromatic N) is 1. The third-order valence-corrected chi connectivity index (χ3v) is 4.56. The first kappa shape index (κ1) is 13.2. The van der Waals surface area contributed by atoms with Gasteiger partial charge in [-0.25, -0.2) is 0 Å². The van der Waals surface area contributed by atoms with Gasteiger partial charge in [0, 0.05) is 18.0 Å². The molecule has 0 unspecified atom stereocenters. The van der Waals surface area contributed by atoms with Gasteiger partial charge < -0.3 is 5.11 Å². The Morgan fingerprint density at radius 1 is 0.773 bits per heavy atom. The number of aromatic nitrogens is 1. The van der Waals surface area contributed by atoms with Gasteiger partial charge >= 0.3 is 0 Å². The molecule has 0 fully saturated rings. The fourth-order valence-electron chi connectivity index (χ4n) is 3.48. The number of rotatable bonds is 1. The summed E-state index contributed by atoms with van der Waals surface area (Å²) in [5.74, 6) is 0. The molecule has 22 heavy (non-hydrogen) atoms. The van der Waals surface area contributed by atoms with Gasteiger partial charge in [0.1, 0.15) is 5.60 Å². The van der Waals surface area contributed by atoms with Crippen molar-refractivity contribution in [3.05, 3.63) is 101 Å². The monoisotopic (exact) mass is 287 g/mol. The Bertz CT molecular complexity index is 763. The summed E-state index contributed by atoms with van der Waals surface area (Å²) in [6.07, 6.45) is 5.38. The number of aryl methyl sites for hydroxylation is 2. The highest BCUT2D eigenvalue weighted by molar-refractivity contribution is 5.53. The summed E-state index contributed by atoms with van der Waals surface area (Å²) in [6.45, 7) is 0. The lowest BCUT2D eigenvalue weighted by atomic mass is 9.79. The van der Waals surface area contributed by atoms with Crippen LogP contribution in [0.15, 0.2) is 73.1 Å². The van der Waals surface area contributed by atoms with Gasteiger partial charge in [0.15, 0.2) is 0 Å². The second-order valence-electron chi connectivity index (χ2n) is 5.77. The van der Waals surface area contributed by atoms with E-state index in [0.29, 0.717) is 0 Å². The van der Waals surface area contributed by atoms with E-state index in [2.05, 4.69) is 17.1 Å². The SMILES string of the molecule is OC1(c2cccnc2)c2ccccc2CCc2ccccc21. The first-order chi connectivity index (χ1) is 10.8. The van der Waals surface area contributed by atoms with Crippen LogP contribution in [0.5, 0.6) is 0 Å². The second-order valence-corrected chi connectivity index (χ2v) is 5.77.